The van der Waals surface area contributed by atoms with Gasteiger partial charge in [0.1, 0.15) is 10.5 Å². The van der Waals surface area contributed by atoms with E-state index >= 15 is 0 Å². The van der Waals surface area contributed by atoms with E-state index in [4.69, 9.17) is 0 Å². The maximum atomic E-state index is 12.8. The molecule has 0 saturated carbocycles. The number of aromatic nitrogens is 4. The number of hydrogen-bond donors (Lipinski definition) is 3. The highest BCUT2D eigenvalue weighted by Crippen LogP contribution is 2.40. The van der Waals surface area contributed by atoms with E-state index < -0.39 is 12.1 Å². The van der Waals surface area contributed by atoms with Gasteiger partial charge in [-0.15, -0.1) is 11.3 Å². The molecule has 1 aliphatic rings. The minimum atomic E-state index is -1.01. The zero-order valence-corrected chi connectivity index (χ0v) is 16.9. The average molecular weight is 421 g/mol. The fourth-order valence-electron chi connectivity index (χ4n) is 4.12. The largest absolute Gasteiger partial charge is 0.465 e. The van der Waals surface area contributed by atoms with Crippen molar-refractivity contribution in [3.63, 3.8) is 0 Å². The number of rotatable bonds is 3. The van der Waals surface area contributed by atoms with Gasteiger partial charge in [-0.2, -0.15) is 5.10 Å². The third kappa shape index (κ3) is 3.07. The van der Waals surface area contributed by atoms with Crippen LogP contribution in [0.15, 0.2) is 47.4 Å². The van der Waals surface area contributed by atoms with Crippen molar-refractivity contribution in [2.45, 2.75) is 25.3 Å². The number of nitrogens with zero attached hydrogens (tertiary/aromatic N) is 3. The molecule has 8 nitrogen and oxygen atoms in total. The number of fused-ring (bicyclic) bond motifs is 1. The SMILES string of the molecule is Cc1[nH]ncc1-c1cc2nc([C@@H]3C[C@@H](c4ccccc4)CN3C(=O)O)[nH]c(=O)c2s1. The number of likely N-dealkylation sites (tertiary alicyclic amines) is 1. The third-order valence-corrected chi connectivity index (χ3v) is 6.79. The summed E-state index contributed by atoms with van der Waals surface area (Å²) in [5.74, 6) is 0.446. The highest BCUT2D eigenvalue weighted by molar-refractivity contribution is 7.22. The molecule has 4 aromatic rings. The highest BCUT2D eigenvalue weighted by atomic mass is 32.1. The summed E-state index contributed by atoms with van der Waals surface area (Å²) in [5, 5.41) is 16.7. The Balaban J connectivity index is 1.55. The Kier molecular flexibility index (Phi) is 4.39. The first-order valence-corrected chi connectivity index (χ1v) is 10.4. The summed E-state index contributed by atoms with van der Waals surface area (Å²) in [4.78, 5) is 34.4. The second-order valence-corrected chi connectivity index (χ2v) is 8.53. The van der Waals surface area contributed by atoms with Crippen molar-refractivity contribution in [3.8, 4) is 10.4 Å². The molecule has 0 bridgehead atoms. The normalized spacial score (nSPS) is 18.9. The first-order valence-electron chi connectivity index (χ1n) is 9.60. The molecule has 0 aliphatic carbocycles. The van der Waals surface area contributed by atoms with Gasteiger partial charge in [0, 0.05) is 28.6 Å². The molecule has 1 amide bonds. The molecule has 0 spiro atoms. The number of carbonyl (C=O) groups is 1. The summed E-state index contributed by atoms with van der Waals surface area (Å²) in [6.07, 6.45) is 1.28. The Morgan fingerprint density at radius 2 is 2.10 bits per heavy atom. The molecule has 152 valence electrons. The summed E-state index contributed by atoms with van der Waals surface area (Å²) in [6, 6.07) is 11.2. The monoisotopic (exact) mass is 421 g/mol. The van der Waals surface area contributed by atoms with Gasteiger partial charge in [-0.3, -0.25) is 14.8 Å². The minimum absolute atomic E-state index is 0.0555. The van der Waals surface area contributed by atoms with Gasteiger partial charge < -0.3 is 10.1 Å². The third-order valence-electron chi connectivity index (χ3n) is 5.63. The quantitative estimate of drug-likeness (QED) is 0.464. The molecule has 3 N–H and O–H groups in total. The molecule has 5 rings (SSSR count). The van der Waals surface area contributed by atoms with Gasteiger partial charge in [0.15, 0.2) is 0 Å². The van der Waals surface area contributed by atoms with Crippen molar-refractivity contribution in [3.05, 3.63) is 70.0 Å². The number of amides is 1. The molecule has 1 aliphatic heterocycles. The van der Waals surface area contributed by atoms with Gasteiger partial charge in [0.2, 0.25) is 0 Å². The van der Waals surface area contributed by atoms with Gasteiger partial charge >= 0.3 is 6.09 Å². The first-order chi connectivity index (χ1) is 14.5. The zero-order valence-electron chi connectivity index (χ0n) is 16.1. The van der Waals surface area contributed by atoms with E-state index in [1.54, 1.807) is 6.20 Å². The van der Waals surface area contributed by atoms with Crippen LogP contribution in [0.1, 0.15) is 35.5 Å². The summed E-state index contributed by atoms with van der Waals surface area (Å²) in [6.45, 7) is 2.29. The van der Waals surface area contributed by atoms with Crippen molar-refractivity contribution in [1.29, 1.82) is 0 Å². The molecular formula is C21H19N5O3S. The molecule has 1 saturated heterocycles. The van der Waals surface area contributed by atoms with Gasteiger partial charge in [-0.05, 0) is 25.0 Å². The predicted molar refractivity (Wildman–Crippen MR) is 114 cm³/mol. The van der Waals surface area contributed by atoms with Crippen LogP contribution in [0.2, 0.25) is 0 Å². The Morgan fingerprint density at radius 1 is 1.30 bits per heavy atom. The van der Waals surface area contributed by atoms with E-state index in [2.05, 4.69) is 20.2 Å². The molecular weight excluding hydrogens is 402 g/mol. The van der Waals surface area contributed by atoms with Crippen molar-refractivity contribution in [2.75, 3.05) is 6.54 Å². The lowest BCUT2D eigenvalue weighted by atomic mass is 9.96. The van der Waals surface area contributed by atoms with Crippen molar-refractivity contribution >= 4 is 27.6 Å². The van der Waals surface area contributed by atoms with Crippen LogP contribution < -0.4 is 5.56 Å². The molecule has 30 heavy (non-hydrogen) atoms. The molecule has 1 aromatic carbocycles. The lowest BCUT2D eigenvalue weighted by Crippen LogP contribution is -2.31. The molecule has 4 heterocycles. The number of carboxylic acid groups (broad SMARTS) is 1. The molecule has 3 aromatic heterocycles. The lowest BCUT2D eigenvalue weighted by Gasteiger charge is -2.20. The molecule has 0 unspecified atom stereocenters. The van der Waals surface area contributed by atoms with Crippen LogP contribution in [0.25, 0.3) is 20.7 Å². The molecule has 1 fully saturated rings. The fourth-order valence-corrected chi connectivity index (χ4v) is 5.18. The predicted octanol–water partition coefficient (Wildman–Crippen LogP) is 3.89. The van der Waals surface area contributed by atoms with Crippen LogP contribution in [0, 0.1) is 6.92 Å². The fraction of sp³-hybridized carbons (Fsp3) is 0.238. The number of nitrogens with one attached hydrogen (secondary N) is 2. The highest BCUT2D eigenvalue weighted by Gasteiger charge is 2.38. The summed E-state index contributed by atoms with van der Waals surface area (Å²) >= 11 is 1.36. The van der Waals surface area contributed by atoms with Gasteiger partial charge in [0.05, 0.1) is 17.8 Å². The maximum absolute atomic E-state index is 12.8. The lowest BCUT2D eigenvalue weighted by molar-refractivity contribution is 0.138. The second kappa shape index (κ2) is 7.10. The molecule has 2 atom stereocenters. The van der Waals surface area contributed by atoms with E-state index in [9.17, 15) is 14.7 Å². The van der Waals surface area contributed by atoms with Crippen LogP contribution in [0.3, 0.4) is 0 Å². The van der Waals surface area contributed by atoms with Crippen LogP contribution in [-0.2, 0) is 0 Å². The standard InChI is InChI=1S/C21H19N5O3S/c1-11-14(9-22-25-11)17-8-15-18(30-17)20(27)24-19(23-15)16-7-13(10-26(16)21(28)29)12-5-3-2-4-6-12/h2-6,8-9,13,16H,7,10H2,1H3,(H,22,25)(H,28,29)(H,23,24,27)/t13-,16+/m1/s1. The minimum Gasteiger partial charge on any atom is -0.465 e. The van der Waals surface area contributed by atoms with Crippen LogP contribution in [0.5, 0.6) is 0 Å². The maximum Gasteiger partial charge on any atom is 0.407 e. The Hall–Kier alpha value is -3.46. The molecule has 0 radical (unpaired) electrons. The number of hydrogen-bond acceptors (Lipinski definition) is 5. The first kappa shape index (κ1) is 18.6. The Bertz CT molecular complexity index is 1290. The van der Waals surface area contributed by atoms with Crippen molar-refractivity contribution < 1.29 is 9.90 Å². The van der Waals surface area contributed by atoms with Crippen molar-refractivity contribution in [1.82, 2.24) is 25.1 Å². The number of H-pyrrole nitrogens is 2. The van der Waals surface area contributed by atoms with E-state index in [0.717, 1.165) is 21.7 Å². The van der Waals surface area contributed by atoms with Gasteiger partial charge in [0.25, 0.3) is 5.56 Å². The number of aromatic amines is 2. The van der Waals surface area contributed by atoms with Crippen LogP contribution in [-0.4, -0.2) is 42.8 Å². The smallest absolute Gasteiger partial charge is 0.407 e. The van der Waals surface area contributed by atoms with Gasteiger partial charge in [-0.25, -0.2) is 9.78 Å². The Morgan fingerprint density at radius 3 is 2.80 bits per heavy atom. The average Bonchev–Trinajstić information content (AvgIpc) is 3.46. The van der Waals surface area contributed by atoms with Crippen molar-refractivity contribution in [2.24, 2.45) is 0 Å². The number of thiophene rings is 1. The molecule has 9 heteroatoms. The van der Waals surface area contributed by atoms with Gasteiger partial charge in [-0.1, -0.05) is 30.3 Å². The van der Waals surface area contributed by atoms with Crippen LogP contribution >= 0.6 is 11.3 Å². The summed E-state index contributed by atoms with van der Waals surface area (Å²) in [7, 11) is 0. The Labute approximate surface area is 175 Å². The van der Waals surface area contributed by atoms with E-state index in [1.807, 2.05) is 43.3 Å². The number of benzene rings is 1. The summed E-state index contributed by atoms with van der Waals surface area (Å²) in [5.41, 5.74) is 3.25. The topological polar surface area (TPSA) is 115 Å². The second-order valence-electron chi connectivity index (χ2n) is 7.48. The van der Waals surface area contributed by atoms with Crippen LogP contribution in [0.4, 0.5) is 4.79 Å². The van der Waals surface area contributed by atoms with E-state index in [-0.39, 0.29) is 11.5 Å². The van der Waals surface area contributed by atoms with E-state index in [0.29, 0.717) is 29.0 Å². The zero-order chi connectivity index (χ0) is 20.8. The summed E-state index contributed by atoms with van der Waals surface area (Å²) < 4.78 is 0.522. The number of aryl methyl sites for hydroxylation is 1. The van der Waals surface area contributed by atoms with E-state index in [1.165, 1.54) is 16.2 Å².